The molecule has 5 nitrogen and oxygen atoms in total. The van der Waals surface area contributed by atoms with E-state index in [2.05, 4.69) is 17.4 Å². The summed E-state index contributed by atoms with van der Waals surface area (Å²) in [5.74, 6) is 0.622. The Morgan fingerprint density at radius 2 is 1.86 bits per heavy atom. The van der Waals surface area contributed by atoms with Gasteiger partial charge in [0, 0.05) is 18.2 Å². The van der Waals surface area contributed by atoms with Gasteiger partial charge in [0.2, 0.25) is 0 Å². The monoisotopic (exact) mass is 284 g/mol. The third-order valence-corrected chi connectivity index (χ3v) is 3.80. The van der Waals surface area contributed by atoms with Crippen molar-refractivity contribution in [3.05, 3.63) is 63.7 Å². The molecule has 0 saturated heterocycles. The molecule has 108 valence electrons. The highest BCUT2D eigenvalue weighted by Crippen LogP contribution is 2.32. The molecule has 1 N–H and O–H groups in total. The maximum Gasteiger partial charge on any atom is 0.271 e. The van der Waals surface area contributed by atoms with Crippen LogP contribution in [0.15, 0.2) is 42.5 Å². The Balaban J connectivity index is 1.82. The molecule has 21 heavy (non-hydrogen) atoms. The van der Waals surface area contributed by atoms with E-state index in [4.69, 9.17) is 4.74 Å². The molecule has 0 saturated carbocycles. The predicted molar refractivity (Wildman–Crippen MR) is 80.9 cm³/mol. The van der Waals surface area contributed by atoms with E-state index in [0.717, 1.165) is 12.8 Å². The highest BCUT2D eigenvalue weighted by atomic mass is 16.6. The third kappa shape index (κ3) is 2.67. The number of methoxy groups -OCH3 is 1. The van der Waals surface area contributed by atoms with Crippen LogP contribution in [0.1, 0.15) is 11.1 Å². The van der Waals surface area contributed by atoms with Crippen LogP contribution in [0.5, 0.6) is 5.75 Å². The highest BCUT2D eigenvalue weighted by Gasteiger charge is 2.22. The van der Waals surface area contributed by atoms with Crippen LogP contribution in [-0.4, -0.2) is 18.1 Å². The molecule has 0 aliphatic heterocycles. The van der Waals surface area contributed by atoms with Crippen LogP contribution in [0.25, 0.3) is 0 Å². The summed E-state index contributed by atoms with van der Waals surface area (Å²) in [6.45, 7) is 0. The summed E-state index contributed by atoms with van der Waals surface area (Å²) in [5.41, 5.74) is 3.40. The van der Waals surface area contributed by atoms with Gasteiger partial charge in [-0.1, -0.05) is 24.3 Å². The fourth-order valence-corrected chi connectivity index (χ4v) is 2.80. The van der Waals surface area contributed by atoms with Crippen molar-refractivity contribution in [1.82, 2.24) is 0 Å². The molecule has 3 rings (SSSR count). The second-order valence-corrected chi connectivity index (χ2v) is 5.16. The Labute approximate surface area is 122 Å². The van der Waals surface area contributed by atoms with Gasteiger partial charge in [-0.15, -0.1) is 0 Å². The Bertz CT molecular complexity index is 660. The standard InChI is InChI=1S/C16H16N2O3/c1-21-16-7-6-14(18(19)20)10-15(16)17-13-8-11-4-2-3-5-12(11)9-13/h2-7,10,13,17H,8-9H2,1H3. The molecular weight excluding hydrogens is 268 g/mol. The second kappa shape index (κ2) is 5.44. The topological polar surface area (TPSA) is 64.4 Å². The SMILES string of the molecule is COc1ccc([N+](=O)[O-])cc1NC1Cc2ccccc2C1. The summed E-state index contributed by atoms with van der Waals surface area (Å²) in [5, 5.41) is 14.3. The normalized spacial score (nSPS) is 13.8. The molecule has 0 aromatic heterocycles. The Kier molecular flexibility index (Phi) is 3.48. The minimum atomic E-state index is -0.395. The minimum absolute atomic E-state index is 0.0637. The predicted octanol–water partition coefficient (Wildman–Crippen LogP) is 3.18. The molecule has 0 amide bonds. The smallest absolute Gasteiger partial charge is 0.271 e. The minimum Gasteiger partial charge on any atom is -0.495 e. The number of nitro groups is 1. The van der Waals surface area contributed by atoms with Crippen LogP contribution in [-0.2, 0) is 12.8 Å². The van der Waals surface area contributed by atoms with E-state index in [-0.39, 0.29) is 11.7 Å². The maximum atomic E-state index is 10.9. The number of benzene rings is 2. The van der Waals surface area contributed by atoms with Crippen molar-refractivity contribution in [2.45, 2.75) is 18.9 Å². The van der Waals surface area contributed by atoms with E-state index in [1.165, 1.54) is 23.3 Å². The van der Waals surface area contributed by atoms with E-state index < -0.39 is 4.92 Å². The molecular formula is C16H16N2O3. The van der Waals surface area contributed by atoms with Gasteiger partial charge in [-0.2, -0.15) is 0 Å². The van der Waals surface area contributed by atoms with Gasteiger partial charge >= 0.3 is 0 Å². The fourth-order valence-electron chi connectivity index (χ4n) is 2.80. The summed E-state index contributed by atoms with van der Waals surface area (Å²) in [6.07, 6.45) is 1.84. The lowest BCUT2D eigenvalue weighted by atomic mass is 10.1. The number of anilines is 1. The number of rotatable bonds is 4. The first kappa shape index (κ1) is 13.4. The molecule has 5 heteroatoms. The Morgan fingerprint density at radius 3 is 2.43 bits per heavy atom. The van der Waals surface area contributed by atoms with Crippen molar-refractivity contribution in [2.75, 3.05) is 12.4 Å². The summed E-state index contributed by atoms with van der Waals surface area (Å²) in [7, 11) is 1.57. The summed E-state index contributed by atoms with van der Waals surface area (Å²) in [4.78, 5) is 10.5. The molecule has 0 unspecified atom stereocenters. The third-order valence-electron chi connectivity index (χ3n) is 3.80. The van der Waals surface area contributed by atoms with Crippen LogP contribution >= 0.6 is 0 Å². The molecule has 0 heterocycles. The average molecular weight is 284 g/mol. The first-order valence-electron chi connectivity index (χ1n) is 6.83. The molecule has 2 aromatic carbocycles. The van der Waals surface area contributed by atoms with Gasteiger partial charge in [-0.25, -0.2) is 0 Å². The Hall–Kier alpha value is -2.56. The van der Waals surface area contributed by atoms with Crippen molar-refractivity contribution < 1.29 is 9.66 Å². The van der Waals surface area contributed by atoms with Crippen molar-refractivity contribution >= 4 is 11.4 Å². The first-order chi connectivity index (χ1) is 10.2. The summed E-state index contributed by atoms with van der Waals surface area (Å²) < 4.78 is 5.28. The van der Waals surface area contributed by atoms with Crippen LogP contribution in [0, 0.1) is 10.1 Å². The fraction of sp³-hybridized carbons (Fsp3) is 0.250. The number of hydrogen-bond donors (Lipinski definition) is 1. The number of fused-ring (bicyclic) bond motifs is 1. The van der Waals surface area contributed by atoms with E-state index >= 15 is 0 Å². The van der Waals surface area contributed by atoms with Crippen LogP contribution < -0.4 is 10.1 Å². The molecule has 0 spiro atoms. The van der Waals surface area contributed by atoms with Gasteiger partial charge in [-0.3, -0.25) is 10.1 Å². The average Bonchev–Trinajstić information content (AvgIpc) is 2.89. The molecule has 2 aromatic rings. The zero-order chi connectivity index (χ0) is 14.8. The largest absolute Gasteiger partial charge is 0.495 e. The first-order valence-corrected chi connectivity index (χ1v) is 6.83. The zero-order valence-electron chi connectivity index (χ0n) is 11.7. The van der Waals surface area contributed by atoms with Gasteiger partial charge in [0.05, 0.1) is 17.7 Å². The van der Waals surface area contributed by atoms with Crippen molar-refractivity contribution in [3.63, 3.8) is 0 Å². The van der Waals surface area contributed by atoms with Crippen molar-refractivity contribution in [3.8, 4) is 5.75 Å². The van der Waals surface area contributed by atoms with Gasteiger partial charge < -0.3 is 10.1 Å². The van der Waals surface area contributed by atoms with Gasteiger partial charge in [0.15, 0.2) is 0 Å². The van der Waals surface area contributed by atoms with E-state index in [1.807, 2.05) is 12.1 Å². The van der Waals surface area contributed by atoms with E-state index in [9.17, 15) is 10.1 Å². The lowest BCUT2D eigenvalue weighted by Crippen LogP contribution is -2.19. The molecule has 0 atom stereocenters. The van der Waals surface area contributed by atoms with Crippen LogP contribution in [0.2, 0.25) is 0 Å². The maximum absolute atomic E-state index is 10.9. The molecule has 0 fully saturated rings. The molecule has 1 aliphatic carbocycles. The lowest BCUT2D eigenvalue weighted by molar-refractivity contribution is -0.384. The second-order valence-electron chi connectivity index (χ2n) is 5.16. The summed E-state index contributed by atoms with van der Waals surface area (Å²) >= 11 is 0. The van der Waals surface area contributed by atoms with Gasteiger partial charge in [0.1, 0.15) is 5.75 Å². The quantitative estimate of drug-likeness (QED) is 0.691. The number of nitro benzene ring substituents is 1. The van der Waals surface area contributed by atoms with Crippen LogP contribution in [0.4, 0.5) is 11.4 Å². The summed E-state index contributed by atoms with van der Waals surface area (Å²) in [6, 6.07) is 13.2. The molecule has 0 radical (unpaired) electrons. The van der Waals surface area contributed by atoms with Crippen molar-refractivity contribution in [2.24, 2.45) is 0 Å². The molecule has 1 aliphatic rings. The van der Waals surface area contributed by atoms with Crippen molar-refractivity contribution in [1.29, 1.82) is 0 Å². The Morgan fingerprint density at radius 1 is 1.19 bits per heavy atom. The number of non-ortho nitro benzene ring substituents is 1. The highest BCUT2D eigenvalue weighted by molar-refractivity contribution is 5.62. The molecule has 0 bridgehead atoms. The lowest BCUT2D eigenvalue weighted by Gasteiger charge is -2.16. The van der Waals surface area contributed by atoms with E-state index in [0.29, 0.717) is 11.4 Å². The van der Waals surface area contributed by atoms with E-state index in [1.54, 1.807) is 13.2 Å². The number of nitrogens with zero attached hydrogens (tertiary/aromatic N) is 1. The number of hydrogen-bond acceptors (Lipinski definition) is 4. The van der Waals surface area contributed by atoms with Gasteiger partial charge in [0.25, 0.3) is 5.69 Å². The number of ether oxygens (including phenoxy) is 1. The number of nitrogens with one attached hydrogen (secondary N) is 1. The van der Waals surface area contributed by atoms with Gasteiger partial charge in [-0.05, 0) is 30.0 Å². The van der Waals surface area contributed by atoms with Crippen LogP contribution in [0.3, 0.4) is 0 Å². The zero-order valence-corrected chi connectivity index (χ0v) is 11.7.